The number of ether oxygens (including phenoxy) is 1. The van der Waals surface area contributed by atoms with Crippen molar-refractivity contribution in [3.63, 3.8) is 0 Å². The fraction of sp³-hybridized carbons (Fsp3) is 0.222. The van der Waals surface area contributed by atoms with Crippen molar-refractivity contribution in [1.29, 1.82) is 0 Å². The molecule has 4 rings (SSSR count). The lowest BCUT2D eigenvalue weighted by Gasteiger charge is -2.19. The van der Waals surface area contributed by atoms with Crippen LogP contribution in [0.5, 0.6) is 5.75 Å². The Kier molecular flexibility index (Phi) is 3.57. The summed E-state index contributed by atoms with van der Waals surface area (Å²) in [6, 6.07) is 9.66. The van der Waals surface area contributed by atoms with Gasteiger partial charge in [0.1, 0.15) is 24.7 Å². The van der Waals surface area contributed by atoms with Gasteiger partial charge in [-0.3, -0.25) is 9.48 Å². The van der Waals surface area contributed by atoms with E-state index in [0.717, 1.165) is 33.9 Å². The molecule has 0 fully saturated rings. The maximum Gasteiger partial charge on any atom is 0.242 e. The summed E-state index contributed by atoms with van der Waals surface area (Å²) in [5.41, 5.74) is 4.06. The van der Waals surface area contributed by atoms with Crippen molar-refractivity contribution in [1.82, 2.24) is 15.1 Å². The van der Waals surface area contributed by atoms with Crippen LogP contribution in [0.1, 0.15) is 16.9 Å². The second-order valence-electron chi connectivity index (χ2n) is 5.82. The Morgan fingerprint density at radius 2 is 2.29 bits per heavy atom. The van der Waals surface area contributed by atoms with Crippen LogP contribution < -0.4 is 10.1 Å². The van der Waals surface area contributed by atoms with Gasteiger partial charge in [0.05, 0.1) is 24.7 Å². The molecule has 122 valence electrons. The van der Waals surface area contributed by atoms with Gasteiger partial charge in [0.25, 0.3) is 0 Å². The van der Waals surface area contributed by atoms with E-state index in [4.69, 9.17) is 9.15 Å². The number of benzene rings is 1. The smallest absolute Gasteiger partial charge is 0.242 e. The quantitative estimate of drug-likeness (QED) is 0.801. The Balaban J connectivity index is 1.55. The molecule has 6 heteroatoms. The summed E-state index contributed by atoms with van der Waals surface area (Å²) in [6.07, 6.45) is 3.35. The number of aromatic nitrogens is 2. The molecule has 0 radical (unpaired) electrons. The zero-order valence-corrected chi connectivity index (χ0v) is 13.3. The number of fused-ring (bicyclic) bond motifs is 3. The van der Waals surface area contributed by atoms with Crippen LogP contribution in [0.4, 0.5) is 0 Å². The molecule has 2 aromatic heterocycles. The minimum atomic E-state index is -0.113. The molecular weight excluding hydrogens is 306 g/mol. The van der Waals surface area contributed by atoms with E-state index in [2.05, 4.69) is 16.5 Å². The fourth-order valence-corrected chi connectivity index (χ4v) is 2.86. The third-order valence-corrected chi connectivity index (χ3v) is 4.02. The van der Waals surface area contributed by atoms with E-state index in [9.17, 15) is 4.79 Å². The second kappa shape index (κ2) is 5.88. The van der Waals surface area contributed by atoms with Crippen molar-refractivity contribution in [3.05, 3.63) is 59.7 Å². The molecule has 0 spiro atoms. The molecular formula is C18H17N3O3. The van der Waals surface area contributed by atoms with E-state index in [1.807, 2.05) is 25.1 Å². The lowest BCUT2D eigenvalue weighted by Crippen LogP contribution is -2.28. The first-order chi connectivity index (χ1) is 11.7. The first-order valence-corrected chi connectivity index (χ1v) is 7.78. The molecule has 0 unspecified atom stereocenters. The van der Waals surface area contributed by atoms with Gasteiger partial charge in [-0.05, 0) is 31.2 Å². The van der Waals surface area contributed by atoms with Crippen LogP contribution >= 0.6 is 0 Å². The highest BCUT2D eigenvalue weighted by Gasteiger charge is 2.23. The number of amides is 1. The number of nitrogens with one attached hydrogen (secondary N) is 1. The Labute approximate surface area is 139 Å². The number of hydrogen-bond acceptors (Lipinski definition) is 4. The van der Waals surface area contributed by atoms with Gasteiger partial charge in [0, 0.05) is 11.1 Å². The maximum absolute atomic E-state index is 12.2. The molecule has 1 aliphatic heterocycles. The predicted octanol–water partition coefficient (Wildman–Crippen LogP) is 2.66. The predicted molar refractivity (Wildman–Crippen MR) is 87.3 cm³/mol. The summed E-state index contributed by atoms with van der Waals surface area (Å²) in [6.45, 7) is 3.03. The molecule has 24 heavy (non-hydrogen) atoms. The lowest BCUT2D eigenvalue weighted by molar-refractivity contribution is -0.122. The number of furan rings is 1. The summed E-state index contributed by atoms with van der Waals surface area (Å²) < 4.78 is 12.7. The first kappa shape index (κ1) is 14.6. The minimum Gasteiger partial charge on any atom is -0.488 e. The third-order valence-electron chi connectivity index (χ3n) is 4.02. The van der Waals surface area contributed by atoms with Gasteiger partial charge < -0.3 is 14.5 Å². The topological polar surface area (TPSA) is 69.3 Å². The molecule has 3 heterocycles. The van der Waals surface area contributed by atoms with Gasteiger partial charge in [-0.1, -0.05) is 11.6 Å². The summed E-state index contributed by atoms with van der Waals surface area (Å²) in [4.78, 5) is 12.2. The second-order valence-corrected chi connectivity index (χ2v) is 5.82. The molecule has 1 N–H and O–H groups in total. The Bertz CT molecular complexity index is 881. The summed E-state index contributed by atoms with van der Waals surface area (Å²) >= 11 is 0. The maximum atomic E-state index is 12.2. The Morgan fingerprint density at radius 3 is 3.12 bits per heavy atom. The molecule has 6 nitrogen and oxygen atoms in total. The van der Waals surface area contributed by atoms with Crippen LogP contribution in [0, 0.1) is 6.92 Å². The van der Waals surface area contributed by atoms with Crippen molar-refractivity contribution < 1.29 is 13.9 Å². The summed E-state index contributed by atoms with van der Waals surface area (Å²) in [7, 11) is 0. The van der Waals surface area contributed by atoms with E-state index in [1.54, 1.807) is 23.2 Å². The highest BCUT2D eigenvalue weighted by atomic mass is 16.5. The average molecular weight is 323 g/mol. The number of nitrogens with zero attached hydrogens (tertiary/aromatic N) is 2. The van der Waals surface area contributed by atoms with E-state index >= 15 is 0 Å². The largest absolute Gasteiger partial charge is 0.488 e. The normalized spacial score (nSPS) is 12.2. The highest BCUT2D eigenvalue weighted by molar-refractivity contribution is 5.78. The molecule has 3 aromatic rings. The van der Waals surface area contributed by atoms with Crippen molar-refractivity contribution in [2.45, 2.75) is 26.6 Å². The van der Waals surface area contributed by atoms with Crippen LogP contribution in [0.3, 0.4) is 0 Å². The van der Waals surface area contributed by atoms with Crippen LogP contribution in [-0.4, -0.2) is 15.7 Å². The van der Waals surface area contributed by atoms with Crippen molar-refractivity contribution in [2.24, 2.45) is 0 Å². The molecule has 0 saturated carbocycles. The van der Waals surface area contributed by atoms with E-state index in [1.165, 1.54) is 0 Å². The van der Waals surface area contributed by atoms with Crippen LogP contribution in [-0.2, 0) is 24.5 Å². The zero-order chi connectivity index (χ0) is 16.5. The molecule has 0 aliphatic carbocycles. The monoisotopic (exact) mass is 323 g/mol. The molecule has 1 aliphatic rings. The molecule has 0 bridgehead atoms. The Hall–Kier alpha value is -3.02. The van der Waals surface area contributed by atoms with Gasteiger partial charge in [0.15, 0.2) is 0 Å². The van der Waals surface area contributed by atoms with Gasteiger partial charge in [-0.25, -0.2) is 0 Å². The van der Waals surface area contributed by atoms with Gasteiger partial charge in [-0.15, -0.1) is 0 Å². The molecule has 1 aromatic carbocycles. The Morgan fingerprint density at radius 1 is 1.38 bits per heavy atom. The average Bonchev–Trinajstić information content (AvgIpc) is 3.23. The summed E-state index contributed by atoms with van der Waals surface area (Å²) in [5.74, 6) is 1.43. The zero-order valence-electron chi connectivity index (χ0n) is 13.3. The number of aryl methyl sites for hydroxylation is 1. The number of carbonyl (C=O) groups is 1. The van der Waals surface area contributed by atoms with Gasteiger partial charge in [-0.2, -0.15) is 5.10 Å². The minimum absolute atomic E-state index is 0.113. The summed E-state index contributed by atoms with van der Waals surface area (Å²) in [5, 5.41) is 7.20. The number of carbonyl (C=O) groups excluding carboxylic acids is 1. The third kappa shape index (κ3) is 2.67. The first-order valence-electron chi connectivity index (χ1n) is 7.78. The molecule has 1 amide bonds. The van der Waals surface area contributed by atoms with Crippen molar-refractivity contribution >= 4 is 5.91 Å². The molecule has 0 atom stereocenters. The van der Waals surface area contributed by atoms with Gasteiger partial charge in [0.2, 0.25) is 5.91 Å². The van der Waals surface area contributed by atoms with Crippen LogP contribution in [0.2, 0.25) is 0 Å². The van der Waals surface area contributed by atoms with Gasteiger partial charge >= 0.3 is 0 Å². The SMILES string of the molecule is Cc1ccc2c(c1)-c1c(cnn1CC(=O)NCc1ccco1)CO2. The fourth-order valence-electron chi connectivity index (χ4n) is 2.86. The van der Waals surface area contributed by atoms with E-state index < -0.39 is 0 Å². The van der Waals surface area contributed by atoms with Crippen molar-refractivity contribution in [3.8, 4) is 17.0 Å². The lowest BCUT2D eigenvalue weighted by atomic mass is 10.0. The van der Waals surface area contributed by atoms with Crippen molar-refractivity contribution in [2.75, 3.05) is 0 Å². The van der Waals surface area contributed by atoms with E-state index in [-0.39, 0.29) is 12.5 Å². The van der Waals surface area contributed by atoms with Crippen LogP contribution in [0.15, 0.2) is 47.2 Å². The number of rotatable bonds is 4. The van der Waals surface area contributed by atoms with Crippen LogP contribution in [0.25, 0.3) is 11.3 Å². The number of hydrogen-bond donors (Lipinski definition) is 1. The highest BCUT2D eigenvalue weighted by Crippen LogP contribution is 2.37. The molecule has 0 saturated heterocycles. The standard InChI is InChI=1S/C18H17N3O3/c1-12-4-5-16-15(7-12)18-13(11-24-16)8-20-21(18)10-17(22)19-9-14-3-2-6-23-14/h2-8H,9-11H2,1H3,(H,19,22). The van der Waals surface area contributed by atoms with E-state index in [0.29, 0.717) is 13.2 Å².